The Hall–Kier alpha value is -2.87. The van der Waals surface area contributed by atoms with E-state index in [1.165, 1.54) is 9.80 Å². The van der Waals surface area contributed by atoms with Crippen molar-refractivity contribution in [1.29, 1.82) is 0 Å². The molecule has 2 heterocycles. The average Bonchev–Trinajstić information content (AvgIpc) is 3.09. The Morgan fingerprint density at radius 1 is 1.17 bits per heavy atom. The number of benzene rings is 2. The number of nitrogens with zero attached hydrogens (tertiary/aromatic N) is 1. The number of likely N-dealkylation sites (tertiary alicyclic amines) is 1. The summed E-state index contributed by atoms with van der Waals surface area (Å²) < 4.78 is 11.2. The lowest BCUT2D eigenvalue weighted by Crippen LogP contribution is -3.14. The molecule has 0 saturated carbocycles. The molecule has 0 spiro atoms. The number of nitrogens with one attached hydrogen (secondary N) is 1. The molecule has 0 aromatic heterocycles. The molecule has 1 N–H and O–H groups in total. The van der Waals surface area contributed by atoms with E-state index in [0.29, 0.717) is 48.2 Å². The number of carbonyl (C=O) groups excluding carboxylic acids is 2. The maximum absolute atomic E-state index is 13.7. The number of amides is 1. The highest BCUT2D eigenvalue weighted by Crippen LogP contribution is 2.39. The zero-order valence-electron chi connectivity index (χ0n) is 20.3. The molecule has 186 valence electrons. The van der Waals surface area contributed by atoms with Crippen LogP contribution in [0.3, 0.4) is 0 Å². The number of halogens is 1. The summed E-state index contributed by atoms with van der Waals surface area (Å²) >= 11 is 6.09. The fraction of sp³-hybridized carbons (Fsp3) is 0.407. The monoisotopic (exact) mass is 498 g/mol. The fourth-order valence-electron chi connectivity index (χ4n) is 4.61. The van der Waals surface area contributed by atoms with E-state index in [-0.39, 0.29) is 11.7 Å². The van der Waals surface area contributed by atoms with E-state index in [0.717, 1.165) is 18.7 Å². The average molecular weight is 499 g/mol. The van der Waals surface area contributed by atoms with Gasteiger partial charge in [0.2, 0.25) is 5.78 Å². The van der Waals surface area contributed by atoms with Crippen molar-refractivity contribution in [2.75, 3.05) is 39.4 Å². The molecule has 8 heteroatoms. The molecule has 2 aromatic carbocycles. The third kappa shape index (κ3) is 5.53. The standard InChI is InChI=1S/C27H31ClN2O5/c1-17(2)35-22-9-6-20(16-18(22)3)25(31)23-24(19-4-7-21(28)8-5-19)30(27(33)26(23)32)11-10-29-12-14-34-15-13-29/h4-9,16-17,24,31H,10-15H2,1-3H3. The van der Waals surface area contributed by atoms with Crippen LogP contribution in [-0.4, -0.2) is 62.1 Å². The summed E-state index contributed by atoms with van der Waals surface area (Å²) in [4.78, 5) is 29.2. The molecule has 2 aliphatic heterocycles. The van der Waals surface area contributed by atoms with Gasteiger partial charge in [0.15, 0.2) is 0 Å². The summed E-state index contributed by atoms with van der Waals surface area (Å²) in [5.74, 6) is -1.15. The van der Waals surface area contributed by atoms with Gasteiger partial charge < -0.3 is 24.4 Å². The predicted molar refractivity (Wildman–Crippen MR) is 131 cm³/mol. The smallest absolute Gasteiger partial charge is 0.295 e. The summed E-state index contributed by atoms with van der Waals surface area (Å²) in [6.45, 7) is 9.81. The Balaban J connectivity index is 1.72. The van der Waals surface area contributed by atoms with Crippen LogP contribution in [0.25, 0.3) is 5.76 Å². The van der Waals surface area contributed by atoms with Crippen molar-refractivity contribution < 1.29 is 29.1 Å². The van der Waals surface area contributed by atoms with E-state index < -0.39 is 23.5 Å². The van der Waals surface area contributed by atoms with Crippen LogP contribution in [0.4, 0.5) is 0 Å². The normalized spacial score (nSPS) is 20.6. The number of hydrogen-bond donors (Lipinski definition) is 1. The highest BCUT2D eigenvalue weighted by Gasteiger charge is 2.44. The van der Waals surface area contributed by atoms with Gasteiger partial charge in [-0.2, -0.15) is 0 Å². The lowest BCUT2D eigenvalue weighted by molar-refractivity contribution is -0.907. The molecule has 2 aliphatic rings. The Morgan fingerprint density at radius 2 is 1.86 bits per heavy atom. The van der Waals surface area contributed by atoms with Crippen molar-refractivity contribution in [2.45, 2.75) is 32.9 Å². The second-order valence-electron chi connectivity index (χ2n) is 9.28. The number of morpholine rings is 1. The predicted octanol–water partition coefficient (Wildman–Crippen LogP) is 1.57. The van der Waals surface area contributed by atoms with Crippen LogP contribution in [-0.2, 0) is 14.3 Å². The first-order chi connectivity index (χ1) is 16.8. The molecule has 0 radical (unpaired) electrons. The first-order valence-corrected chi connectivity index (χ1v) is 12.3. The van der Waals surface area contributed by atoms with Gasteiger partial charge in [0.1, 0.15) is 18.8 Å². The molecule has 1 unspecified atom stereocenters. The van der Waals surface area contributed by atoms with Crippen molar-refractivity contribution >= 4 is 29.1 Å². The number of rotatable bonds is 7. The quantitative estimate of drug-likeness (QED) is 0.356. The number of hydrogen-bond acceptors (Lipinski definition) is 5. The minimum Gasteiger partial charge on any atom is -0.872 e. The molecule has 4 rings (SSSR count). The van der Waals surface area contributed by atoms with Gasteiger partial charge in [-0.3, -0.25) is 9.59 Å². The lowest BCUT2D eigenvalue weighted by Gasteiger charge is -2.30. The van der Waals surface area contributed by atoms with E-state index in [1.807, 2.05) is 20.8 Å². The first-order valence-electron chi connectivity index (χ1n) is 12.0. The third-order valence-electron chi connectivity index (χ3n) is 6.42. The number of quaternary nitrogens is 1. The van der Waals surface area contributed by atoms with Crippen molar-refractivity contribution in [3.8, 4) is 5.75 Å². The first kappa shape index (κ1) is 25.2. The zero-order valence-corrected chi connectivity index (χ0v) is 21.1. The fourth-order valence-corrected chi connectivity index (χ4v) is 4.74. The van der Waals surface area contributed by atoms with E-state index in [2.05, 4.69) is 0 Å². The molecule has 2 saturated heterocycles. The van der Waals surface area contributed by atoms with Crippen molar-refractivity contribution in [2.24, 2.45) is 0 Å². The lowest BCUT2D eigenvalue weighted by atomic mass is 9.95. The molecule has 1 atom stereocenters. The van der Waals surface area contributed by atoms with Gasteiger partial charge in [-0.25, -0.2) is 0 Å². The van der Waals surface area contributed by atoms with E-state index in [4.69, 9.17) is 21.1 Å². The third-order valence-corrected chi connectivity index (χ3v) is 6.67. The zero-order chi connectivity index (χ0) is 25.1. The minimum atomic E-state index is -0.757. The number of ketones is 1. The van der Waals surface area contributed by atoms with Gasteiger partial charge in [0.05, 0.1) is 38.4 Å². The van der Waals surface area contributed by atoms with Gasteiger partial charge >= 0.3 is 0 Å². The van der Waals surface area contributed by atoms with E-state index in [1.54, 1.807) is 42.5 Å². The summed E-state index contributed by atoms with van der Waals surface area (Å²) in [5.41, 5.74) is 1.81. The molecule has 35 heavy (non-hydrogen) atoms. The number of ether oxygens (including phenoxy) is 2. The molecule has 7 nitrogen and oxygen atoms in total. The van der Waals surface area contributed by atoms with Gasteiger partial charge in [-0.1, -0.05) is 35.6 Å². The SMILES string of the molecule is Cc1cc(C([O-])=C2C(=O)C(=O)N(CC[NH+]3CCOCC3)C2c2ccc(Cl)cc2)ccc1OC(C)C. The van der Waals surface area contributed by atoms with Gasteiger partial charge in [0, 0.05) is 10.6 Å². The summed E-state index contributed by atoms with van der Waals surface area (Å²) in [6.07, 6.45) is -0.00454. The van der Waals surface area contributed by atoms with E-state index in [9.17, 15) is 14.7 Å². The Bertz CT molecular complexity index is 1120. The Labute approximate surface area is 210 Å². The highest BCUT2D eigenvalue weighted by molar-refractivity contribution is 6.46. The molecular formula is C27H31ClN2O5. The molecule has 0 aliphatic carbocycles. The van der Waals surface area contributed by atoms with Crippen molar-refractivity contribution in [1.82, 2.24) is 4.90 Å². The maximum atomic E-state index is 13.7. The largest absolute Gasteiger partial charge is 0.872 e. The van der Waals surface area contributed by atoms with Crippen molar-refractivity contribution in [3.63, 3.8) is 0 Å². The maximum Gasteiger partial charge on any atom is 0.295 e. The van der Waals surface area contributed by atoms with Gasteiger partial charge in [-0.05, 0) is 61.7 Å². The molecule has 2 aromatic rings. The van der Waals surface area contributed by atoms with E-state index >= 15 is 0 Å². The topological polar surface area (TPSA) is 83.3 Å². The summed E-state index contributed by atoms with van der Waals surface area (Å²) in [6, 6.07) is 11.3. The van der Waals surface area contributed by atoms with Crippen LogP contribution in [0, 0.1) is 6.92 Å². The van der Waals surface area contributed by atoms with Crippen LogP contribution in [0.15, 0.2) is 48.0 Å². The van der Waals surface area contributed by atoms with Crippen LogP contribution in [0.1, 0.15) is 36.6 Å². The Morgan fingerprint density at radius 3 is 2.49 bits per heavy atom. The number of aryl methyl sites for hydroxylation is 1. The summed E-state index contributed by atoms with van der Waals surface area (Å²) in [5, 5.41) is 14.2. The minimum absolute atomic E-state index is 0.00454. The van der Waals surface area contributed by atoms with Gasteiger partial charge in [0.25, 0.3) is 5.91 Å². The van der Waals surface area contributed by atoms with Gasteiger partial charge in [-0.15, -0.1) is 0 Å². The second kappa shape index (κ2) is 10.8. The van der Waals surface area contributed by atoms with Crippen molar-refractivity contribution in [3.05, 3.63) is 69.8 Å². The second-order valence-corrected chi connectivity index (χ2v) is 9.72. The Kier molecular flexibility index (Phi) is 7.79. The summed E-state index contributed by atoms with van der Waals surface area (Å²) in [7, 11) is 0. The van der Waals surface area contributed by atoms with Crippen LogP contribution < -0.4 is 14.7 Å². The molecule has 1 amide bonds. The van der Waals surface area contributed by atoms with Crippen LogP contribution >= 0.6 is 11.6 Å². The molecule has 2 fully saturated rings. The highest BCUT2D eigenvalue weighted by atomic mass is 35.5. The van der Waals surface area contributed by atoms with Crippen LogP contribution in [0.2, 0.25) is 5.02 Å². The number of carbonyl (C=O) groups is 2. The van der Waals surface area contributed by atoms with Crippen LogP contribution in [0.5, 0.6) is 5.75 Å². The number of Topliss-reactive ketones (excluding diaryl/α,β-unsaturated/α-hetero) is 1. The molecule has 0 bridgehead atoms. The molecular weight excluding hydrogens is 468 g/mol.